The van der Waals surface area contributed by atoms with Crippen molar-refractivity contribution in [1.82, 2.24) is 14.7 Å². The van der Waals surface area contributed by atoms with Crippen molar-refractivity contribution in [1.29, 1.82) is 0 Å². The van der Waals surface area contributed by atoms with Gasteiger partial charge in [0.05, 0.1) is 30.7 Å². The molecule has 0 radical (unpaired) electrons. The molecule has 1 aromatic heterocycles. The van der Waals surface area contributed by atoms with E-state index in [0.29, 0.717) is 18.8 Å². The van der Waals surface area contributed by atoms with Crippen LogP contribution >= 0.6 is 0 Å². The van der Waals surface area contributed by atoms with Crippen LogP contribution in [0.3, 0.4) is 0 Å². The number of hydrogen-bond donors (Lipinski definition) is 0. The SMILES string of the molecule is COc1ccc(-c2cc(C(=O)N3C[C@@H](C)O[C@H](C)C3)n(-c3cccc(C)c3)n2)cc1. The van der Waals surface area contributed by atoms with Gasteiger partial charge < -0.3 is 14.4 Å². The number of rotatable bonds is 4. The van der Waals surface area contributed by atoms with Gasteiger partial charge in [-0.25, -0.2) is 4.68 Å². The van der Waals surface area contributed by atoms with Crippen molar-refractivity contribution in [3.8, 4) is 22.7 Å². The second-order valence-electron chi connectivity index (χ2n) is 7.86. The zero-order valence-electron chi connectivity index (χ0n) is 17.8. The number of ether oxygens (including phenoxy) is 2. The fourth-order valence-electron chi connectivity index (χ4n) is 3.90. The number of carbonyl (C=O) groups is 1. The maximum Gasteiger partial charge on any atom is 0.272 e. The fraction of sp³-hybridized carbons (Fsp3) is 0.333. The van der Waals surface area contributed by atoms with E-state index >= 15 is 0 Å². The molecular weight excluding hydrogens is 378 g/mol. The molecule has 1 amide bonds. The lowest BCUT2D eigenvalue weighted by Gasteiger charge is -2.35. The number of carbonyl (C=O) groups excluding carboxylic acids is 1. The molecule has 1 saturated heterocycles. The summed E-state index contributed by atoms with van der Waals surface area (Å²) in [6, 6.07) is 17.6. The molecule has 0 N–H and O–H groups in total. The molecule has 1 aliphatic heterocycles. The second kappa shape index (κ2) is 8.32. The van der Waals surface area contributed by atoms with Crippen molar-refractivity contribution >= 4 is 5.91 Å². The third kappa shape index (κ3) is 4.09. The zero-order valence-corrected chi connectivity index (χ0v) is 17.8. The van der Waals surface area contributed by atoms with E-state index in [1.165, 1.54) is 0 Å². The van der Waals surface area contributed by atoms with E-state index in [4.69, 9.17) is 14.6 Å². The molecule has 2 atom stereocenters. The average Bonchev–Trinajstić information content (AvgIpc) is 3.18. The molecular formula is C24H27N3O3. The lowest BCUT2D eigenvalue weighted by atomic mass is 10.1. The van der Waals surface area contributed by atoms with Gasteiger partial charge in [0.1, 0.15) is 11.4 Å². The van der Waals surface area contributed by atoms with E-state index in [1.54, 1.807) is 11.8 Å². The number of methoxy groups -OCH3 is 1. The summed E-state index contributed by atoms with van der Waals surface area (Å²) in [5.74, 6) is 0.746. The van der Waals surface area contributed by atoms with Crippen molar-refractivity contribution in [3.63, 3.8) is 0 Å². The second-order valence-corrected chi connectivity index (χ2v) is 7.86. The highest BCUT2D eigenvalue weighted by atomic mass is 16.5. The first kappa shape index (κ1) is 20.2. The first-order valence-corrected chi connectivity index (χ1v) is 10.2. The summed E-state index contributed by atoms with van der Waals surface area (Å²) in [5, 5.41) is 4.80. The quantitative estimate of drug-likeness (QED) is 0.656. The molecule has 156 valence electrons. The van der Waals surface area contributed by atoms with Crippen molar-refractivity contribution < 1.29 is 14.3 Å². The highest BCUT2D eigenvalue weighted by molar-refractivity contribution is 5.94. The number of amides is 1. The Kier molecular flexibility index (Phi) is 5.59. The van der Waals surface area contributed by atoms with Crippen LogP contribution in [-0.4, -0.2) is 53.0 Å². The van der Waals surface area contributed by atoms with Gasteiger partial charge >= 0.3 is 0 Å². The third-order valence-electron chi connectivity index (χ3n) is 5.27. The summed E-state index contributed by atoms with van der Waals surface area (Å²) < 4.78 is 12.8. The molecule has 30 heavy (non-hydrogen) atoms. The van der Waals surface area contributed by atoms with Gasteiger partial charge in [0, 0.05) is 18.7 Å². The van der Waals surface area contributed by atoms with Gasteiger partial charge in [0.25, 0.3) is 5.91 Å². The molecule has 1 fully saturated rings. The van der Waals surface area contributed by atoms with Crippen LogP contribution in [0.5, 0.6) is 5.75 Å². The normalized spacial score (nSPS) is 19.0. The minimum atomic E-state index is -0.0363. The van der Waals surface area contributed by atoms with Gasteiger partial charge in [0.2, 0.25) is 0 Å². The van der Waals surface area contributed by atoms with Crippen LogP contribution in [0.4, 0.5) is 0 Å². The standard InChI is InChI=1S/C24H27N3O3/c1-16-6-5-7-20(12-16)27-23(24(28)26-14-17(2)30-18(3)15-26)13-22(25-27)19-8-10-21(29-4)11-9-19/h5-13,17-18H,14-15H2,1-4H3/t17-,18-/m1/s1. The molecule has 2 aromatic carbocycles. The number of benzene rings is 2. The van der Waals surface area contributed by atoms with Crippen LogP contribution in [0.15, 0.2) is 54.6 Å². The predicted molar refractivity (Wildman–Crippen MR) is 116 cm³/mol. The van der Waals surface area contributed by atoms with Crippen LogP contribution in [0.1, 0.15) is 29.9 Å². The number of hydrogen-bond acceptors (Lipinski definition) is 4. The Labute approximate surface area is 177 Å². The van der Waals surface area contributed by atoms with Crippen LogP contribution < -0.4 is 4.74 Å². The molecule has 0 aliphatic carbocycles. The molecule has 0 unspecified atom stereocenters. The molecule has 0 spiro atoms. The van der Waals surface area contributed by atoms with Crippen LogP contribution in [0, 0.1) is 6.92 Å². The van der Waals surface area contributed by atoms with E-state index in [1.807, 2.05) is 80.3 Å². The fourth-order valence-corrected chi connectivity index (χ4v) is 3.90. The maximum atomic E-state index is 13.5. The Morgan fingerprint density at radius 1 is 1.07 bits per heavy atom. The van der Waals surface area contributed by atoms with E-state index in [-0.39, 0.29) is 18.1 Å². The molecule has 1 aliphatic rings. The Morgan fingerprint density at radius 3 is 2.40 bits per heavy atom. The predicted octanol–water partition coefficient (Wildman–Crippen LogP) is 4.11. The first-order valence-electron chi connectivity index (χ1n) is 10.2. The third-order valence-corrected chi connectivity index (χ3v) is 5.27. The Bertz CT molecular complexity index is 1030. The van der Waals surface area contributed by atoms with E-state index in [9.17, 15) is 4.79 Å². The maximum absolute atomic E-state index is 13.5. The van der Waals surface area contributed by atoms with Gasteiger partial charge in [-0.05, 0) is 68.8 Å². The molecule has 6 heteroatoms. The van der Waals surface area contributed by atoms with Gasteiger partial charge in [0.15, 0.2) is 0 Å². The molecule has 0 saturated carbocycles. The Morgan fingerprint density at radius 2 is 1.77 bits per heavy atom. The van der Waals surface area contributed by atoms with Gasteiger partial charge in [-0.15, -0.1) is 0 Å². The van der Waals surface area contributed by atoms with Gasteiger partial charge in [-0.3, -0.25) is 4.79 Å². The molecule has 6 nitrogen and oxygen atoms in total. The topological polar surface area (TPSA) is 56.6 Å². The lowest BCUT2D eigenvalue weighted by Crippen LogP contribution is -2.48. The number of morpholine rings is 1. The smallest absolute Gasteiger partial charge is 0.272 e. The average molecular weight is 405 g/mol. The Balaban J connectivity index is 1.77. The van der Waals surface area contributed by atoms with Crippen molar-refractivity contribution in [2.75, 3.05) is 20.2 Å². The number of nitrogens with zero attached hydrogens (tertiary/aromatic N) is 3. The summed E-state index contributed by atoms with van der Waals surface area (Å²) in [6.07, 6.45) is 0.0169. The highest BCUT2D eigenvalue weighted by Gasteiger charge is 2.29. The van der Waals surface area contributed by atoms with Crippen LogP contribution in [0.25, 0.3) is 16.9 Å². The van der Waals surface area contributed by atoms with Crippen molar-refractivity contribution in [2.24, 2.45) is 0 Å². The van der Waals surface area contributed by atoms with E-state index in [0.717, 1.165) is 28.3 Å². The van der Waals surface area contributed by atoms with E-state index < -0.39 is 0 Å². The summed E-state index contributed by atoms with van der Waals surface area (Å²) in [6.45, 7) is 7.16. The zero-order chi connectivity index (χ0) is 21.3. The first-order chi connectivity index (χ1) is 14.4. The minimum Gasteiger partial charge on any atom is -0.497 e. The van der Waals surface area contributed by atoms with Gasteiger partial charge in [-0.2, -0.15) is 5.10 Å². The number of aryl methyl sites for hydroxylation is 1. The number of aromatic nitrogens is 2. The molecule has 0 bridgehead atoms. The Hall–Kier alpha value is -3.12. The van der Waals surface area contributed by atoms with Gasteiger partial charge in [-0.1, -0.05) is 12.1 Å². The van der Waals surface area contributed by atoms with Crippen molar-refractivity contribution in [3.05, 3.63) is 65.9 Å². The van der Waals surface area contributed by atoms with Crippen molar-refractivity contribution in [2.45, 2.75) is 33.0 Å². The monoisotopic (exact) mass is 405 g/mol. The molecule has 2 heterocycles. The molecule has 3 aromatic rings. The largest absolute Gasteiger partial charge is 0.497 e. The summed E-state index contributed by atoms with van der Waals surface area (Å²) in [7, 11) is 1.64. The van der Waals surface area contributed by atoms with Crippen LogP contribution in [-0.2, 0) is 4.74 Å². The van der Waals surface area contributed by atoms with Crippen LogP contribution in [0.2, 0.25) is 0 Å². The summed E-state index contributed by atoms with van der Waals surface area (Å²) >= 11 is 0. The van der Waals surface area contributed by atoms with E-state index in [2.05, 4.69) is 0 Å². The molecule has 4 rings (SSSR count). The summed E-state index contributed by atoms with van der Waals surface area (Å²) in [5.41, 5.74) is 4.21. The minimum absolute atomic E-state index is 0.00843. The summed E-state index contributed by atoms with van der Waals surface area (Å²) in [4.78, 5) is 15.4. The lowest BCUT2D eigenvalue weighted by molar-refractivity contribution is -0.0588. The highest BCUT2D eigenvalue weighted by Crippen LogP contribution is 2.26.